The van der Waals surface area contributed by atoms with Crippen molar-refractivity contribution in [2.45, 2.75) is 26.7 Å². The molecule has 2 N–H and O–H groups in total. The maximum atomic E-state index is 12.0. The molecular weight excluding hydrogens is 190 g/mol. The van der Waals surface area contributed by atoms with Crippen LogP contribution in [-0.4, -0.2) is 38.1 Å². The van der Waals surface area contributed by atoms with E-state index in [2.05, 4.69) is 10.7 Å². The van der Waals surface area contributed by atoms with Crippen LogP contribution in [0.15, 0.2) is 0 Å². The Morgan fingerprint density at radius 3 is 2.60 bits per heavy atom. The van der Waals surface area contributed by atoms with Gasteiger partial charge in [-0.2, -0.15) is 0 Å². The Balaban J connectivity index is 2.58. The summed E-state index contributed by atoms with van der Waals surface area (Å²) in [4.78, 5) is 12.0. The third kappa shape index (κ3) is 3.18. The minimum Gasteiger partial charge on any atom is -0.316 e. The first-order chi connectivity index (χ1) is 6.94. The molecule has 1 aliphatic rings. The molecule has 1 rings (SSSR count). The highest BCUT2D eigenvalue weighted by Gasteiger charge is 2.37. The Labute approximate surface area is 92.4 Å². The van der Waals surface area contributed by atoms with Crippen LogP contribution in [-0.2, 0) is 4.79 Å². The minimum atomic E-state index is -0.294. The maximum absolute atomic E-state index is 12.0. The quantitative estimate of drug-likeness (QED) is 0.675. The summed E-state index contributed by atoms with van der Waals surface area (Å²) in [5.41, 5.74) is 2.55. The molecule has 0 spiro atoms. The van der Waals surface area contributed by atoms with Crippen LogP contribution in [0.1, 0.15) is 26.7 Å². The van der Waals surface area contributed by atoms with Gasteiger partial charge in [0.25, 0.3) is 0 Å². The van der Waals surface area contributed by atoms with E-state index in [1.165, 1.54) is 6.42 Å². The topological polar surface area (TPSA) is 44.4 Å². The molecule has 4 nitrogen and oxygen atoms in total. The molecule has 1 amide bonds. The summed E-state index contributed by atoms with van der Waals surface area (Å²) in [7, 11) is 3.68. The molecular formula is C11H23N3O. The fourth-order valence-electron chi connectivity index (χ4n) is 2.00. The van der Waals surface area contributed by atoms with Crippen molar-refractivity contribution >= 4 is 5.91 Å². The molecule has 1 saturated heterocycles. The van der Waals surface area contributed by atoms with Gasteiger partial charge in [0.05, 0.1) is 0 Å². The number of hydrogen-bond donors (Lipinski definition) is 2. The Kier molecular flexibility index (Phi) is 4.11. The number of hydrogen-bond acceptors (Lipinski definition) is 3. The van der Waals surface area contributed by atoms with Crippen molar-refractivity contribution in [3.05, 3.63) is 0 Å². The van der Waals surface area contributed by atoms with Crippen molar-refractivity contribution in [3.63, 3.8) is 0 Å². The van der Waals surface area contributed by atoms with E-state index in [-0.39, 0.29) is 11.3 Å². The van der Waals surface area contributed by atoms with Gasteiger partial charge in [0, 0.05) is 19.5 Å². The molecule has 0 aromatic rings. The second kappa shape index (κ2) is 4.94. The molecule has 1 atom stereocenters. The number of piperidine rings is 1. The average molecular weight is 213 g/mol. The molecule has 1 heterocycles. The van der Waals surface area contributed by atoms with E-state index in [4.69, 9.17) is 0 Å². The first-order valence-electron chi connectivity index (χ1n) is 5.63. The van der Waals surface area contributed by atoms with Crippen molar-refractivity contribution in [2.24, 2.45) is 11.3 Å². The molecule has 1 aliphatic heterocycles. The second-order valence-electron chi connectivity index (χ2n) is 5.10. The van der Waals surface area contributed by atoms with Gasteiger partial charge in [-0.25, -0.2) is 5.01 Å². The molecule has 0 aromatic heterocycles. The lowest BCUT2D eigenvalue weighted by molar-refractivity contribution is -0.136. The predicted molar refractivity (Wildman–Crippen MR) is 61.2 cm³/mol. The van der Waals surface area contributed by atoms with Crippen LogP contribution < -0.4 is 10.7 Å². The number of amides is 1. The molecule has 0 radical (unpaired) electrons. The SMILES string of the molecule is CN(C)NC(=O)C(C)(C)C1CCCNC1. The normalized spacial score (nSPS) is 22.9. The van der Waals surface area contributed by atoms with Crippen molar-refractivity contribution in [1.82, 2.24) is 15.8 Å². The van der Waals surface area contributed by atoms with Crippen LogP contribution in [0.25, 0.3) is 0 Å². The molecule has 88 valence electrons. The summed E-state index contributed by atoms with van der Waals surface area (Å²) in [6.07, 6.45) is 2.31. The van der Waals surface area contributed by atoms with Crippen LogP contribution >= 0.6 is 0 Å². The summed E-state index contributed by atoms with van der Waals surface area (Å²) < 4.78 is 0. The van der Waals surface area contributed by atoms with Crippen LogP contribution in [0.3, 0.4) is 0 Å². The minimum absolute atomic E-state index is 0.112. The Morgan fingerprint density at radius 2 is 2.13 bits per heavy atom. The third-order valence-electron chi connectivity index (χ3n) is 3.23. The fraction of sp³-hybridized carbons (Fsp3) is 0.909. The summed E-state index contributed by atoms with van der Waals surface area (Å²) in [6.45, 7) is 6.10. The van der Waals surface area contributed by atoms with E-state index >= 15 is 0 Å². The molecule has 0 saturated carbocycles. The van der Waals surface area contributed by atoms with Gasteiger partial charge < -0.3 is 5.32 Å². The van der Waals surface area contributed by atoms with Gasteiger partial charge >= 0.3 is 0 Å². The Bertz CT molecular complexity index is 220. The second-order valence-corrected chi connectivity index (χ2v) is 5.10. The summed E-state index contributed by atoms with van der Waals surface area (Å²) in [5, 5.41) is 5.06. The zero-order valence-corrected chi connectivity index (χ0v) is 10.3. The number of carbonyl (C=O) groups excluding carboxylic acids is 1. The van der Waals surface area contributed by atoms with E-state index in [1.54, 1.807) is 5.01 Å². The number of hydrazine groups is 1. The molecule has 1 unspecified atom stereocenters. The van der Waals surface area contributed by atoms with E-state index in [9.17, 15) is 4.79 Å². The van der Waals surface area contributed by atoms with Crippen LogP contribution in [0.2, 0.25) is 0 Å². The molecule has 15 heavy (non-hydrogen) atoms. The molecule has 0 bridgehead atoms. The number of nitrogens with zero attached hydrogens (tertiary/aromatic N) is 1. The first-order valence-corrected chi connectivity index (χ1v) is 5.63. The van der Waals surface area contributed by atoms with Gasteiger partial charge in [0.2, 0.25) is 5.91 Å². The number of carbonyl (C=O) groups is 1. The molecule has 4 heteroatoms. The highest BCUT2D eigenvalue weighted by Crippen LogP contribution is 2.31. The van der Waals surface area contributed by atoms with Crippen molar-refractivity contribution < 1.29 is 4.79 Å². The number of rotatable bonds is 3. The average Bonchev–Trinajstić information content (AvgIpc) is 2.18. The summed E-state index contributed by atoms with van der Waals surface area (Å²) in [5.74, 6) is 0.549. The largest absolute Gasteiger partial charge is 0.316 e. The van der Waals surface area contributed by atoms with Gasteiger partial charge in [0.1, 0.15) is 0 Å². The molecule has 1 fully saturated rings. The van der Waals surface area contributed by atoms with Crippen LogP contribution in [0, 0.1) is 11.3 Å². The van der Waals surface area contributed by atoms with Gasteiger partial charge in [-0.3, -0.25) is 10.2 Å². The Hall–Kier alpha value is -0.610. The highest BCUT2D eigenvalue weighted by atomic mass is 16.2. The third-order valence-corrected chi connectivity index (χ3v) is 3.23. The highest BCUT2D eigenvalue weighted by molar-refractivity contribution is 5.81. The van der Waals surface area contributed by atoms with E-state index < -0.39 is 0 Å². The van der Waals surface area contributed by atoms with E-state index in [1.807, 2.05) is 27.9 Å². The Morgan fingerprint density at radius 1 is 1.47 bits per heavy atom. The standard InChI is InChI=1S/C11H23N3O/c1-11(2,10(15)13-14(3)4)9-6-5-7-12-8-9/h9,12H,5-8H2,1-4H3,(H,13,15). The number of nitrogens with one attached hydrogen (secondary N) is 2. The predicted octanol–water partition coefficient (Wildman–Crippen LogP) is 0.605. The summed E-state index contributed by atoms with van der Waals surface area (Å²) in [6, 6.07) is 0. The van der Waals surface area contributed by atoms with Gasteiger partial charge in [-0.1, -0.05) is 13.8 Å². The van der Waals surface area contributed by atoms with Crippen molar-refractivity contribution in [2.75, 3.05) is 27.2 Å². The zero-order valence-electron chi connectivity index (χ0n) is 10.3. The molecule has 0 aromatic carbocycles. The van der Waals surface area contributed by atoms with Crippen molar-refractivity contribution in [3.8, 4) is 0 Å². The lowest BCUT2D eigenvalue weighted by Gasteiger charge is -2.36. The van der Waals surface area contributed by atoms with E-state index in [0.29, 0.717) is 5.92 Å². The van der Waals surface area contributed by atoms with Gasteiger partial charge in [-0.05, 0) is 31.8 Å². The van der Waals surface area contributed by atoms with Gasteiger partial charge in [0.15, 0.2) is 0 Å². The molecule has 0 aliphatic carbocycles. The summed E-state index contributed by atoms with van der Waals surface area (Å²) >= 11 is 0. The fourth-order valence-corrected chi connectivity index (χ4v) is 2.00. The first kappa shape index (κ1) is 12.5. The monoisotopic (exact) mass is 213 g/mol. The smallest absolute Gasteiger partial charge is 0.240 e. The van der Waals surface area contributed by atoms with E-state index in [0.717, 1.165) is 19.5 Å². The van der Waals surface area contributed by atoms with Crippen LogP contribution in [0.5, 0.6) is 0 Å². The lowest BCUT2D eigenvalue weighted by Crippen LogP contribution is -2.50. The maximum Gasteiger partial charge on any atom is 0.240 e. The lowest BCUT2D eigenvalue weighted by atomic mass is 9.74. The van der Waals surface area contributed by atoms with Gasteiger partial charge in [-0.15, -0.1) is 0 Å². The zero-order chi connectivity index (χ0) is 11.5. The van der Waals surface area contributed by atoms with Crippen molar-refractivity contribution in [1.29, 1.82) is 0 Å². The van der Waals surface area contributed by atoms with Crippen LogP contribution in [0.4, 0.5) is 0 Å².